The Hall–Kier alpha value is -1.41. The lowest BCUT2D eigenvalue weighted by atomic mass is 10.1. The lowest BCUT2D eigenvalue weighted by Gasteiger charge is -2.01. The van der Waals surface area contributed by atoms with Crippen molar-refractivity contribution >= 4 is 5.78 Å². The second-order valence-corrected chi connectivity index (χ2v) is 3.59. The number of benzene rings is 1. The zero-order valence-electron chi connectivity index (χ0n) is 9.19. The average molecular weight is 204 g/mol. The Morgan fingerprint density at radius 1 is 1.27 bits per heavy atom. The molecule has 2 heteroatoms. The van der Waals surface area contributed by atoms with E-state index < -0.39 is 0 Å². The second kappa shape index (κ2) is 6.14. The first-order valence-corrected chi connectivity index (χ1v) is 4.99. The van der Waals surface area contributed by atoms with Gasteiger partial charge in [0.05, 0.1) is 6.61 Å². The van der Waals surface area contributed by atoms with Crippen molar-refractivity contribution in [3.05, 3.63) is 47.5 Å². The van der Waals surface area contributed by atoms with Gasteiger partial charge in [-0.15, -0.1) is 0 Å². The van der Waals surface area contributed by atoms with Crippen molar-refractivity contribution in [1.29, 1.82) is 0 Å². The molecule has 1 aromatic rings. The molecule has 1 aromatic carbocycles. The minimum Gasteiger partial charge on any atom is -0.369 e. The molecular formula is C13H16O2. The molecule has 0 radical (unpaired) electrons. The summed E-state index contributed by atoms with van der Waals surface area (Å²) in [5.74, 6) is 0.0257. The largest absolute Gasteiger partial charge is 0.369 e. The molecule has 0 saturated carbocycles. The van der Waals surface area contributed by atoms with Crippen molar-refractivity contribution in [3.63, 3.8) is 0 Å². The third-order valence-corrected chi connectivity index (χ3v) is 1.94. The maximum Gasteiger partial charge on any atom is 0.188 e. The SMILES string of the molecule is CC(C)=CCOCC(=O)c1ccccc1. The summed E-state index contributed by atoms with van der Waals surface area (Å²) in [5.41, 5.74) is 1.90. The Balaban J connectivity index is 2.35. The molecule has 2 nitrogen and oxygen atoms in total. The van der Waals surface area contributed by atoms with Gasteiger partial charge in [0.2, 0.25) is 0 Å². The van der Waals surface area contributed by atoms with E-state index >= 15 is 0 Å². The zero-order chi connectivity index (χ0) is 11.1. The van der Waals surface area contributed by atoms with Crippen molar-refractivity contribution in [1.82, 2.24) is 0 Å². The molecule has 80 valence electrons. The monoisotopic (exact) mass is 204 g/mol. The maximum atomic E-state index is 11.5. The highest BCUT2D eigenvalue weighted by molar-refractivity contribution is 5.96. The topological polar surface area (TPSA) is 26.3 Å². The summed E-state index contributed by atoms with van der Waals surface area (Å²) in [5, 5.41) is 0. The first kappa shape index (κ1) is 11.7. The van der Waals surface area contributed by atoms with E-state index in [1.807, 2.05) is 38.1 Å². The van der Waals surface area contributed by atoms with Gasteiger partial charge < -0.3 is 4.74 Å². The van der Waals surface area contributed by atoms with Gasteiger partial charge in [0.15, 0.2) is 5.78 Å². The van der Waals surface area contributed by atoms with Crippen LogP contribution < -0.4 is 0 Å². The van der Waals surface area contributed by atoms with Crippen molar-refractivity contribution in [2.75, 3.05) is 13.2 Å². The zero-order valence-corrected chi connectivity index (χ0v) is 9.19. The van der Waals surface area contributed by atoms with Gasteiger partial charge in [0.25, 0.3) is 0 Å². The number of ether oxygens (including phenoxy) is 1. The average Bonchev–Trinajstić information content (AvgIpc) is 2.25. The Morgan fingerprint density at radius 3 is 2.53 bits per heavy atom. The summed E-state index contributed by atoms with van der Waals surface area (Å²) in [6.45, 7) is 4.65. The van der Waals surface area contributed by atoms with Crippen molar-refractivity contribution in [3.8, 4) is 0 Å². The summed E-state index contributed by atoms with van der Waals surface area (Å²) in [6.07, 6.45) is 1.96. The quantitative estimate of drug-likeness (QED) is 0.419. The number of hydrogen-bond donors (Lipinski definition) is 0. The highest BCUT2D eigenvalue weighted by Gasteiger charge is 2.03. The number of allylic oxidation sites excluding steroid dienone is 1. The van der Waals surface area contributed by atoms with Crippen molar-refractivity contribution in [2.24, 2.45) is 0 Å². The van der Waals surface area contributed by atoms with Crippen LogP contribution in [0.25, 0.3) is 0 Å². The lowest BCUT2D eigenvalue weighted by molar-refractivity contribution is 0.0805. The van der Waals surface area contributed by atoms with Crippen LogP contribution in [0.5, 0.6) is 0 Å². The first-order valence-electron chi connectivity index (χ1n) is 4.99. The Bertz CT molecular complexity index is 335. The molecule has 0 atom stereocenters. The standard InChI is InChI=1S/C13H16O2/c1-11(2)8-9-15-10-13(14)12-6-4-3-5-7-12/h3-8H,9-10H2,1-2H3. The van der Waals surface area contributed by atoms with Crippen molar-refractivity contribution in [2.45, 2.75) is 13.8 Å². The van der Waals surface area contributed by atoms with Gasteiger partial charge in [-0.1, -0.05) is 42.0 Å². The fourth-order valence-corrected chi connectivity index (χ4v) is 1.08. The fourth-order valence-electron chi connectivity index (χ4n) is 1.08. The molecule has 15 heavy (non-hydrogen) atoms. The second-order valence-electron chi connectivity index (χ2n) is 3.59. The summed E-state index contributed by atoms with van der Waals surface area (Å²) in [4.78, 5) is 11.5. The number of carbonyl (C=O) groups excluding carboxylic acids is 1. The van der Waals surface area contributed by atoms with E-state index in [4.69, 9.17) is 4.74 Å². The van der Waals surface area contributed by atoms with Crippen LogP contribution in [0, 0.1) is 0 Å². The van der Waals surface area contributed by atoms with Crippen LogP contribution in [-0.2, 0) is 4.74 Å². The van der Waals surface area contributed by atoms with Crippen LogP contribution in [0.15, 0.2) is 42.0 Å². The molecule has 0 N–H and O–H groups in total. The van der Waals surface area contributed by atoms with Crippen molar-refractivity contribution < 1.29 is 9.53 Å². The molecule has 0 saturated heterocycles. The van der Waals surface area contributed by atoms with Gasteiger partial charge >= 0.3 is 0 Å². The van der Waals surface area contributed by atoms with Gasteiger partial charge in [-0.05, 0) is 13.8 Å². The first-order chi connectivity index (χ1) is 7.20. The molecule has 0 aliphatic rings. The van der Waals surface area contributed by atoms with E-state index in [0.29, 0.717) is 12.2 Å². The third-order valence-electron chi connectivity index (χ3n) is 1.94. The smallest absolute Gasteiger partial charge is 0.188 e. The normalized spacial score (nSPS) is 9.73. The number of carbonyl (C=O) groups is 1. The van der Waals surface area contributed by atoms with E-state index in [2.05, 4.69) is 0 Å². The van der Waals surface area contributed by atoms with E-state index in [1.165, 1.54) is 5.57 Å². The van der Waals surface area contributed by atoms with Crippen LogP contribution in [0.2, 0.25) is 0 Å². The summed E-state index contributed by atoms with van der Waals surface area (Å²) < 4.78 is 5.23. The minimum atomic E-state index is 0.0257. The van der Waals surface area contributed by atoms with E-state index in [0.717, 1.165) is 0 Å². The van der Waals surface area contributed by atoms with Crippen LogP contribution in [-0.4, -0.2) is 19.0 Å². The van der Waals surface area contributed by atoms with E-state index in [9.17, 15) is 4.79 Å². The molecule has 0 aliphatic carbocycles. The van der Waals surface area contributed by atoms with Gasteiger partial charge in [-0.25, -0.2) is 0 Å². The van der Waals surface area contributed by atoms with Crippen LogP contribution in [0.3, 0.4) is 0 Å². The fraction of sp³-hybridized carbons (Fsp3) is 0.308. The number of rotatable bonds is 5. The number of hydrogen-bond acceptors (Lipinski definition) is 2. The third kappa shape index (κ3) is 4.56. The predicted octanol–water partition coefficient (Wildman–Crippen LogP) is 2.85. The minimum absolute atomic E-state index is 0.0257. The highest BCUT2D eigenvalue weighted by Crippen LogP contribution is 2.00. The van der Waals surface area contributed by atoms with Crippen LogP contribution in [0.4, 0.5) is 0 Å². The molecule has 0 aromatic heterocycles. The Labute approximate surface area is 90.6 Å². The summed E-state index contributed by atoms with van der Waals surface area (Å²) >= 11 is 0. The predicted molar refractivity (Wildman–Crippen MR) is 61.0 cm³/mol. The van der Waals surface area contributed by atoms with E-state index in [-0.39, 0.29) is 12.4 Å². The molecule has 1 rings (SSSR count). The highest BCUT2D eigenvalue weighted by atomic mass is 16.5. The lowest BCUT2D eigenvalue weighted by Crippen LogP contribution is -2.08. The summed E-state index contributed by atoms with van der Waals surface area (Å²) in [6, 6.07) is 9.19. The number of Topliss-reactive ketones (excluding diaryl/α,β-unsaturated/α-hetero) is 1. The molecule has 0 bridgehead atoms. The molecule has 0 aliphatic heterocycles. The van der Waals surface area contributed by atoms with Gasteiger partial charge in [-0.2, -0.15) is 0 Å². The van der Waals surface area contributed by atoms with Gasteiger partial charge in [0.1, 0.15) is 6.61 Å². The molecular weight excluding hydrogens is 188 g/mol. The number of ketones is 1. The van der Waals surface area contributed by atoms with Gasteiger partial charge in [-0.3, -0.25) is 4.79 Å². The molecule has 0 amide bonds. The molecule has 0 heterocycles. The Kier molecular flexibility index (Phi) is 4.78. The van der Waals surface area contributed by atoms with Crippen LogP contribution in [0.1, 0.15) is 24.2 Å². The van der Waals surface area contributed by atoms with E-state index in [1.54, 1.807) is 12.1 Å². The Morgan fingerprint density at radius 2 is 1.93 bits per heavy atom. The molecule has 0 spiro atoms. The molecule has 0 unspecified atom stereocenters. The maximum absolute atomic E-state index is 11.5. The molecule has 0 fully saturated rings. The summed E-state index contributed by atoms with van der Waals surface area (Å²) in [7, 11) is 0. The van der Waals surface area contributed by atoms with Crippen LogP contribution >= 0.6 is 0 Å². The van der Waals surface area contributed by atoms with Gasteiger partial charge in [0, 0.05) is 5.56 Å².